The third-order valence-corrected chi connectivity index (χ3v) is 10.9. The van der Waals surface area contributed by atoms with Crippen molar-refractivity contribution in [2.45, 2.75) is 89.6 Å². The normalized spacial score (nSPS) is 43.9. The van der Waals surface area contributed by atoms with Gasteiger partial charge in [-0.2, -0.15) is 0 Å². The predicted octanol–water partition coefficient (Wildman–Crippen LogP) is 5.87. The minimum atomic E-state index is -0.904. The fourth-order valence-corrected chi connectivity index (χ4v) is 8.67. The van der Waals surface area contributed by atoms with Crippen LogP contribution >= 0.6 is 0 Å². The van der Waals surface area contributed by atoms with E-state index >= 15 is 0 Å². The summed E-state index contributed by atoms with van der Waals surface area (Å²) in [6.07, 6.45) is 30.1. The van der Waals surface area contributed by atoms with E-state index in [1.54, 1.807) is 0 Å². The summed E-state index contributed by atoms with van der Waals surface area (Å²) in [5.41, 5.74) is -0.0811. The Morgan fingerprint density at radius 1 is 0.943 bits per heavy atom. The van der Waals surface area contributed by atoms with E-state index in [1.807, 2.05) is 27.7 Å². The Morgan fingerprint density at radius 2 is 1.74 bits per heavy atom. The van der Waals surface area contributed by atoms with Gasteiger partial charge < -0.3 is 14.5 Å². The molecule has 9 atom stereocenters. The highest BCUT2D eigenvalue weighted by Gasteiger charge is 2.68. The van der Waals surface area contributed by atoms with Gasteiger partial charge in [0.25, 0.3) is 0 Å². The van der Waals surface area contributed by atoms with Crippen LogP contribution in [0, 0.1) is 40.9 Å². The summed E-state index contributed by atoms with van der Waals surface area (Å²) in [6.45, 7) is 7.59. The Bertz CT molecular complexity index is 982. The standard InChI is InChI=1S/C31H43BO3/c1-29(2,33)30(3,4)35-32-20-17-18-26-28(19-20)34-27-16-10-9-15-25(27)31(26)23-13-7-5-11-21(23)22-12-6-8-14-24(22)31/h5-7,11-13,17-19,21-28,32-33H,8-10,14-16H2,1-4H3. The van der Waals surface area contributed by atoms with Crippen LogP contribution < -0.4 is 0 Å². The topological polar surface area (TPSA) is 38.7 Å². The van der Waals surface area contributed by atoms with Crippen molar-refractivity contribution in [3.8, 4) is 0 Å². The van der Waals surface area contributed by atoms with Crippen molar-refractivity contribution in [2.24, 2.45) is 40.9 Å². The first-order valence-corrected chi connectivity index (χ1v) is 14.2. The van der Waals surface area contributed by atoms with Crippen LogP contribution in [0.1, 0.15) is 66.2 Å². The van der Waals surface area contributed by atoms with Crippen molar-refractivity contribution >= 4 is 7.48 Å². The largest absolute Gasteiger partial charge is 0.427 e. The zero-order valence-corrected chi connectivity index (χ0v) is 22.0. The van der Waals surface area contributed by atoms with E-state index in [9.17, 15) is 5.11 Å². The average Bonchev–Trinajstić information content (AvgIpc) is 3.13. The highest BCUT2D eigenvalue weighted by Crippen LogP contribution is 2.70. The minimum absolute atomic E-state index is 0.118. The lowest BCUT2D eigenvalue weighted by molar-refractivity contribution is -0.198. The molecule has 9 unspecified atom stereocenters. The Morgan fingerprint density at radius 3 is 2.57 bits per heavy atom. The third kappa shape index (κ3) is 3.65. The second-order valence-corrected chi connectivity index (χ2v) is 13.1. The molecule has 0 radical (unpaired) electrons. The van der Waals surface area contributed by atoms with Crippen LogP contribution in [0.3, 0.4) is 0 Å². The number of hydrogen-bond donors (Lipinski definition) is 1. The van der Waals surface area contributed by atoms with E-state index in [1.165, 1.54) is 44.0 Å². The smallest absolute Gasteiger partial charge is 0.309 e. The predicted molar refractivity (Wildman–Crippen MR) is 143 cm³/mol. The van der Waals surface area contributed by atoms with Gasteiger partial charge >= 0.3 is 7.48 Å². The number of ether oxygens (including phenoxy) is 1. The Labute approximate surface area is 212 Å². The molecule has 1 heterocycles. The average molecular weight is 474 g/mol. The molecule has 0 aromatic rings. The van der Waals surface area contributed by atoms with Crippen molar-refractivity contribution in [3.05, 3.63) is 60.2 Å². The van der Waals surface area contributed by atoms with Gasteiger partial charge in [-0.05, 0) is 88.4 Å². The summed E-state index contributed by atoms with van der Waals surface area (Å²) in [7, 11) is 0.505. The molecule has 3 nitrogen and oxygen atoms in total. The molecular formula is C31H43BO3. The van der Waals surface area contributed by atoms with Crippen molar-refractivity contribution in [2.75, 3.05) is 0 Å². The highest BCUT2D eigenvalue weighted by atomic mass is 16.5. The van der Waals surface area contributed by atoms with Crippen molar-refractivity contribution in [3.63, 3.8) is 0 Å². The van der Waals surface area contributed by atoms with Crippen LogP contribution in [0.5, 0.6) is 0 Å². The van der Waals surface area contributed by atoms with Gasteiger partial charge in [-0.3, -0.25) is 0 Å². The summed E-state index contributed by atoms with van der Waals surface area (Å²) in [5.74, 6) is 3.66. The van der Waals surface area contributed by atoms with E-state index in [-0.39, 0.29) is 11.5 Å². The molecule has 5 aliphatic carbocycles. The molecule has 1 saturated heterocycles. The van der Waals surface area contributed by atoms with Crippen LogP contribution in [-0.2, 0) is 9.39 Å². The fourth-order valence-electron chi connectivity index (χ4n) is 8.67. The van der Waals surface area contributed by atoms with E-state index in [4.69, 9.17) is 9.39 Å². The van der Waals surface area contributed by atoms with Crippen molar-refractivity contribution in [1.29, 1.82) is 0 Å². The maximum absolute atomic E-state index is 10.5. The quantitative estimate of drug-likeness (QED) is 0.409. The lowest BCUT2D eigenvalue weighted by Gasteiger charge is -2.60. The van der Waals surface area contributed by atoms with E-state index in [2.05, 4.69) is 54.7 Å². The van der Waals surface area contributed by atoms with E-state index in [0.29, 0.717) is 43.2 Å². The molecule has 0 bridgehead atoms. The maximum Gasteiger partial charge on any atom is 0.309 e. The number of fused-ring (bicyclic) bond motifs is 9. The first-order chi connectivity index (χ1) is 16.7. The van der Waals surface area contributed by atoms with Crippen LogP contribution in [0.4, 0.5) is 0 Å². The number of hydrogen-bond acceptors (Lipinski definition) is 3. The molecule has 0 aromatic heterocycles. The van der Waals surface area contributed by atoms with Crippen LogP contribution in [0.25, 0.3) is 0 Å². The lowest BCUT2D eigenvalue weighted by Crippen LogP contribution is -2.60. The molecular weight excluding hydrogens is 431 g/mol. The summed E-state index contributed by atoms with van der Waals surface area (Å²) >= 11 is 0. The molecule has 2 saturated carbocycles. The minimum Gasteiger partial charge on any atom is -0.427 e. The summed E-state index contributed by atoms with van der Waals surface area (Å²) in [4.78, 5) is 0. The van der Waals surface area contributed by atoms with Gasteiger partial charge in [-0.15, -0.1) is 0 Å². The van der Waals surface area contributed by atoms with E-state index < -0.39 is 11.2 Å². The van der Waals surface area contributed by atoms with Crippen LogP contribution in [0.2, 0.25) is 0 Å². The molecule has 4 heteroatoms. The highest BCUT2D eigenvalue weighted by molar-refractivity contribution is 6.39. The molecule has 1 N–H and O–H groups in total. The Hall–Kier alpha value is -1.36. The zero-order chi connectivity index (χ0) is 24.4. The van der Waals surface area contributed by atoms with Gasteiger partial charge in [0, 0.05) is 5.92 Å². The number of aliphatic hydroxyl groups is 1. The maximum atomic E-state index is 10.5. The monoisotopic (exact) mass is 474 g/mol. The van der Waals surface area contributed by atoms with Gasteiger partial charge in [0.05, 0.1) is 23.4 Å². The molecule has 188 valence electrons. The van der Waals surface area contributed by atoms with Crippen molar-refractivity contribution < 1.29 is 14.5 Å². The Balaban J connectivity index is 1.37. The SMILES string of the molecule is CC(C)(O)C(C)(C)OBC1=CC2OC3CCCCC3C3(C2C=C1)C1C=CC=CC1C1C=CCCC13. The number of rotatable bonds is 4. The second-order valence-electron chi connectivity index (χ2n) is 13.1. The first kappa shape index (κ1) is 24.0. The molecule has 6 aliphatic rings. The molecule has 6 rings (SSSR count). The van der Waals surface area contributed by atoms with E-state index in [0.717, 1.165) is 5.92 Å². The van der Waals surface area contributed by atoms with Gasteiger partial charge in [-0.25, -0.2) is 0 Å². The summed E-state index contributed by atoms with van der Waals surface area (Å²) in [5, 5.41) is 10.5. The first-order valence-electron chi connectivity index (χ1n) is 14.2. The number of allylic oxidation sites excluding steroid dienone is 8. The molecule has 1 aliphatic heterocycles. The van der Waals surface area contributed by atoms with Gasteiger partial charge in [-0.1, -0.05) is 73.0 Å². The lowest BCUT2D eigenvalue weighted by atomic mass is 9.48. The molecule has 1 spiro atoms. The molecule has 0 amide bonds. The zero-order valence-electron chi connectivity index (χ0n) is 22.0. The summed E-state index contributed by atoms with van der Waals surface area (Å²) < 4.78 is 13.2. The van der Waals surface area contributed by atoms with Crippen molar-refractivity contribution in [1.82, 2.24) is 0 Å². The molecule has 0 aromatic carbocycles. The molecule has 3 fully saturated rings. The molecule has 35 heavy (non-hydrogen) atoms. The second kappa shape index (κ2) is 8.60. The summed E-state index contributed by atoms with van der Waals surface area (Å²) in [6, 6.07) is 0. The van der Waals surface area contributed by atoms with Crippen LogP contribution in [0.15, 0.2) is 60.2 Å². The van der Waals surface area contributed by atoms with Gasteiger partial charge in [0.1, 0.15) is 0 Å². The Kier molecular flexibility index (Phi) is 5.90. The fraction of sp³-hybridized carbons (Fsp3) is 0.677. The van der Waals surface area contributed by atoms with Gasteiger partial charge in [0.2, 0.25) is 0 Å². The van der Waals surface area contributed by atoms with Gasteiger partial charge in [0.15, 0.2) is 0 Å². The third-order valence-electron chi connectivity index (χ3n) is 10.9. The van der Waals surface area contributed by atoms with Crippen LogP contribution in [-0.4, -0.2) is 36.0 Å².